The molecule has 1 aromatic carbocycles. The van der Waals surface area contributed by atoms with E-state index in [0.717, 1.165) is 12.3 Å². The first-order chi connectivity index (χ1) is 6.70. The molecule has 0 fully saturated rings. The molecule has 0 saturated carbocycles. The Morgan fingerprint density at radius 3 is 2.64 bits per heavy atom. The highest BCUT2D eigenvalue weighted by Crippen LogP contribution is 2.32. The number of para-hydroxylation sites is 1. The molecule has 14 heavy (non-hydrogen) atoms. The molecule has 1 rings (SSSR count). The molecule has 0 aliphatic rings. The van der Waals surface area contributed by atoms with E-state index in [2.05, 4.69) is 47.5 Å². The predicted octanol–water partition coefficient (Wildman–Crippen LogP) is 3.08. The minimum Gasteiger partial charge on any atom is -0.496 e. The zero-order valence-electron chi connectivity index (χ0n) is 8.83. The third kappa shape index (κ3) is 2.60. The van der Waals surface area contributed by atoms with Gasteiger partial charge in [-0.1, -0.05) is 47.7 Å². The lowest BCUT2D eigenvalue weighted by Crippen LogP contribution is -2.20. The Balaban J connectivity index is 2.93. The van der Waals surface area contributed by atoms with Crippen molar-refractivity contribution in [3.8, 4) is 5.75 Å². The Kier molecular flexibility index (Phi) is 4.68. The van der Waals surface area contributed by atoms with E-state index < -0.39 is 0 Å². The number of alkyl halides is 1. The normalized spacial score (nSPS) is 12.9. The fraction of sp³-hybridized carbons (Fsp3) is 0.455. The first kappa shape index (κ1) is 11.8. The average molecular weight is 305 g/mol. The third-order valence-corrected chi connectivity index (χ3v) is 3.90. The van der Waals surface area contributed by atoms with E-state index in [-0.39, 0.29) is 0 Å². The van der Waals surface area contributed by atoms with E-state index in [1.807, 2.05) is 18.2 Å². The molecule has 0 amide bonds. The van der Waals surface area contributed by atoms with Gasteiger partial charge in [0.25, 0.3) is 0 Å². The van der Waals surface area contributed by atoms with Gasteiger partial charge in [-0.15, -0.1) is 0 Å². The molecular formula is C11H16INO. The second kappa shape index (κ2) is 5.56. The minimum atomic E-state index is 0.369. The molecule has 2 nitrogen and oxygen atoms in total. The Morgan fingerprint density at radius 1 is 1.43 bits per heavy atom. The highest BCUT2D eigenvalue weighted by atomic mass is 127. The monoisotopic (exact) mass is 305 g/mol. The Hall–Kier alpha value is -0.290. The standard InChI is InChI=1S/C11H16INO/c1-4-13(2)11(12)9-7-5-6-8-10(9)14-3/h5-8,11H,4H2,1-3H3. The fourth-order valence-corrected chi connectivity index (χ4v) is 2.17. The maximum atomic E-state index is 5.33. The molecule has 0 radical (unpaired) electrons. The van der Waals surface area contributed by atoms with E-state index >= 15 is 0 Å². The lowest BCUT2D eigenvalue weighted by Gasteiger charge is -2.23. The number of hydrogen-bond acceptors (Lipinski definition) is 2. The molecule has 0 aliphatic carbocycles. The molecule has 0 saturated heterocycles. The summed E-state index contributed by atoms with van der Waals surface area (Å²) in [7, 11) is 3.83. The van der Waals surface area contributed by atoms with Crippen LogP contribution in [0.1, 0.15) is 16.5 Å². The molecular weight excluding hydrogens is 289 g/mol. The molecule has 3 heteroatoms. The van der Waals surface area contributed by atoms with Crippen LogP contribution in [-0.4, -0.2) is 25.6 Å². The van der Waals surface area contributed by atoms with Crippen molar-refractivity contribution in [2.75, 3.05) is 20.7 Å². The maximum absolute atomic E-state index is 5.33. The predicted molar refractivity (Wildman–Crippen MR) is 68.1 cm³/mol. The molecule has 0 heterocycles. The van der Waals surface area contributed by atoms with Crippen molar-refractivity contribution in [1.29, 1.82) is 0 Å². The maximum Gasteiger partial charge on any atom is 0.124 e. The number of ether oxygens (including phenoxy) is 1. The number of methoxy groups -OCH3 is 1. The lowest BCUT2D eigenvalue weighted by atomic mass is 10.2. The molecule has 0 bridgehead atoms. The van der Waals surface area contributed by atoms with Crippen molar-refractivity contribution in [3.63, 3.8) is 0 Å². The van der Waals surface area contributed by atoms with Crippen LogP contribution in [0.3, 0.4) is 0 Å². The zero-order chi connectivity index (χ0) is 10.6. The number of benzene rings is 1. The molecule has 1 atom stereocenters. The van der Waals surface area contributed by atoms with Gasteiger partial charge in [0.1, 0.15) is 5.75 Å². The number of halogens is 1. The summed E-state index contributed by atoms with van der Waals surface area (Å²) in [4.78, 5) is 2.28. The Labute approximate surface area is 99.4 Å². The summed E-state index contributed by atoms with van der Waals surface area (Å²) in [6.07, 6.45) is 0. The van der Waals surface area contributed by atoms with Crippen LogP contribution in [0, 0.1) is 0 Å². The smallest absolute Gasteiger partial charge is 0.124 e. The first-order valence-corrected chi connectivity index (χ1v) is 5.92. The Bertz CT molecular complexity index is 290. The molecule has 0 aromatic heterocycles. The molecule has 0 spiro atoms. The summed E-state index contributed by atoms with van der Waals surface area (Å²) < 4.78 is 5.70. The van der Waals surface area contributed by atoms with Gasteiger partial charge in [-0.3, -0.25) is 4.90 Å². The summed E-state index contributed by atoms with van der Waals surface area (Å²) in [6.45, 7) is 3.19. The zero-order valence-corrected chi connectivity index (χ0v) is 11.0. The van der Waals surface area contributed by atoms with Crippen LogP contribution in [0.15, 0.2) is 24.3 Å². The Morgan fingerprint density at radius 2 is 2.07 bits per heavy atom. The van der Waals surface area contributed by atoms with Crippen LogP contribution in [-0.2, 0) is 0 Å². The van der Waals surface area contributed by atoms with E-state index in [4.69, 9.17) is 4.74 Å². The average Bonchev–Trinajstić information content (AvgIpc) is 2.26. The quantitative estimate of drug-likeness (QED) is 0.481. The minimum absolute atomic E-state index is 0.369. The van der Waals surface area contributed by atoms with Crippen molar-refractivity contribution >= 4 is 22.6 Å². The van der Waals surface area contributed by atoms with E-state index in [1.54, 1.807) is 7.11 Å². The molecule has 1 unspecified atom stereocenters. The SMILES string of the molecule is CCN(C)C(I)c1ccccc1OC. The van der Waals surface area contributed by atoms with E-state index in [0.29, 0.717) is 4.05 Å². The molecule has 0 aliphatic heterocycles. The second-order valence-electron chi connectivity index (χ2n) is 3.15. The second-order valence-corrected chi connectivity index (χ2v) is 4.33. The summed E-state index contributed by atoms with van der Waals surface area (Å²) in [5.41, 5.74) is 1.24. The van der Waals surface area contributed by atoms with Crippen molar-refractivity contribution in [2.24, 2.45) is 0 Å². The van der Waals surface area contributed by atoms with Crippen LogP contribution in [0.4, 0.5) is 0 Å². The number of rotatable bonds is 4. The topological polar surface area (TPSA) is 12.5 Å². The summed E-state index contributed by atoms with van der Waals surface area (Å²) in [5.74, 6) is 0.965. The van der Waals surface area contributed by atoms with Crippen LogP contribution in [0.25, 0.3) is 0 Å². The van der Waals surface area contributed by atoms with Crippen LogP contribution in [0.5, 0.6) is 5.75 Å². The summed E-state index contributed by atoms with van der Waals surface area (Å²) in [5, 5.41) is 0. The van der Waals surface area contributed by atoms with Gasteiger partial charge < -0.3 is 4.74 Å². The van der Waals surface area contributed by atoms with Gasteiger partial charge in [-0.2, -0.15) is 0 Å². The van der Waals surface area contributed by atoms with E-state index in [1.165, 1.54) is 5.56 Å². The molecule has 0 N–H and O–H groups in total. The highest BCUT2D eigenvalue weighted by Gasteiger charge is 2.15. The van der Waals surface area contributed by atoms with Gasteiger partial charge in [0.2, 0.25) is 0 Å². The van der Waals surface area contributed by atoms with Crippen molar-refractivity contribution in [1.82, 2.24) is 4.90 Å². The largest absolute Gasteiger partial charge is 0.496 e. The van der Waals surface area contributed by atoms with Crippen molar-refractivity contribution in [3.05, 3.63) is 29.8 Å². The summed E-state index contributed by atoms with van der Waals surface area (Å²) >= 11 is 2.43. The van der Waals surface area contributed by atoms with Crippen molar-refractivity contribution < 1.29 is 4.74 Å². The van der Waals surface area contributed by atoms with Crippen LogP contribution < -0.4 is 4.74 Å². The first-order valence-electron chi connectivity index (χ1n) is 4.68. The van der Waals surface area contributed by atoms with Gasteiger partial charge in [-0.05, 0) is 19.7 Å². The van der Waals surface area contributed by atoms with E-state index in [9.17, 15) is 0 Å². The highest BCUT2D eigenvalue weighted by molar-refractivity contribution is 14.1. The molecule has 78 valence electrons. The number of hydrogen-bond donors (Lipinski definition) is 0. The van der Waals surface area contributed by atoms with Crippen molar-refractivity contribution in [2.45, 2.75) is 11.0 Å². The van der Waals surface area contributed by atoms with Gasteiger partial charge >= 0.3 is 0 Å². The summed E-state index contributed by atoms with van der Waals surface area (Å²) in [6, 6.07) is 8.16. The number of nitrogens with zero attached hydrogens (tertiary/aromatic N) is 1. The van der Waals surface area contributed by atoms with Gasteiger partial charge in [0, 0.05) is 5.56 Å². The van der Waals surface area contributed by atoms with Gasteiger partial charge in [0.15, 0.2) is 0 Å². The van der Waals surface area contributed by atoms with Gasteiger partial charge in [0.05, 0.1) is 11.2 Å². The van der Waals surface area contributed by atoms with Crippen LogP contribution in [0.2, 0.25) is 0 Å². The lowest BCUT2D eigenvalue weighted by molar-refractivity contribution is 0.336. The van der Waals surface area contributed by atoms with Gasteiger partial charge in [-0.25, -0.2) is 0 Å². The fourth-order valence-electron chi connectivity index (χ4n) is 1.26. The van der Waals surface area contributed by atoms with Crippen LogP contribution >= 0.6 is 22.6 Å². The third-order valence-electron chi connectivity index (χ3n) is 2.28. The molecule has 1 aromatic rings.